The van der Waals surface area contributed by atoms with Gasteiger partial charge in [-0.2, -0.15) is 0 Å². The SMILES string of the molecule is CC(C)(C)C(=O)OCn1cc(CO)nn1. The van der Waals surface area contributed by atoms with Crippen LogP contribution in [0.4, 0.5) is 0 Å². The van der Waals surface area contributed by atoms with Crippen LogP contribution in [0.1, 0.15) is 26.5 Å². The van der Waals surface area contributed by atoms with Crippen LogP contribution in [-0.2, 0) is 22.9 Å². The van der Waals surface area contributed by atoms with Crippen LogP contribution in [0.2, 0.25) is 0 Å². The summed E-state index contributed by atoms with van der Waals surface area (Å²) in [6.45, 7) is 5.16. The number of aliphatic hydroxyl groups excluding tert-OH is 1. The zero-order valence-electron chi connectivity index (χ0n) is 9.10. The van der Waals surface area contributed by atoms with Crippen molar-refractivity contribution in [2.45, 2.75) is 34.1 Å². The molecule has 0 amide bonds. The lowest BCUT2D eigenvalue weighted by Crippen LogP contribution is -2.24. The molecule has 1 aromatic heterocycles. The summed E-state index contributed by atoms with van der Waals surface area (Å²) in [5.41, 5.74) is -0.0813. The number of aliphatic hydroxyl groups is 1. The predicted octanol–water partition coefficient (Wildman–Crippen LogP) is 0.317. The summed E-state index contributed by atoms with van der Waals surface area (Å²) in [4.78, 5) is 11.4. The van der Waals surface area contributed by atoms with Gasteiger partial charge < -0.3 is 9.84 Å². The normalized spacial score (nSPS) is 11.5. The van der Waals surface area contributed by atoms with E-state index in [4.69, 9.17) is 9.84 Å². The molecule has 0 atom stereocenters. The van der Waals surface area contributed by atoms with E-state index in [0.717, 1.165) is 0 Å². The second kappa shape index (κ2) is 4.39. The van der Waals surface area contributed by atoms with Crippen molar-refractivity contribution in [1.82, 2.24) is 15.0 Å². The summed E-state index contributed by atoms with van der Waals surface area (Å²) in [6, 6.07) is 0. The molecule has 84 valence electrons. The predicted molar refractivity (Wildman–Crippen MR) is 51.5 cm³/mol. The first-order chi connectivity index (χ1) is 6.93. The zero-order valence-corrected chi connectivity index (χ0v) is 9.10. The number of aromatic nitrogens is 3. The standard InChI is InChI=1S/C9H15N3O3/c1-9(2,3)8(14)15-6-12-4-7(5-13)10-11-12/h4,13H,5-6H2,1-3H3. The molecule has 0 saturated carbocycles. The molecule has 0 radical (unpaired) electrons. The molecular weight excluding hydrogens is 198 g/mol. The average Bonchev–Trinajstić information content (AvgIpc) is 2.60. The van der Waals surface area contributed by atoms with Gasteiger partial charge in [0.1, 0.15) is 5.69 Å². The fourth-order valence-electron chi connectivity index (χ4n) is 0.815. The highest BCUT2D eigenvalue weighted by Gasteiger charge is 2.23. The summed E-state index contributed by atoms with van der Waals surface area (Å²) >= 11 is 0. The van der Waals surface area contributed by atoms with Gasteiger partial charge in [-0.05, 0) is 20.8 Å². The number of hydrogen-bond acceptors (Lipinski definition) is 5. The molecule has 0 spiro atoms. The van der Waals surface area contributed by atoms with E-state index in [1.54, 1.807) is 20.8 Å². The third kappa shape index (κ3) is 3.32. The van der Waals surface area contributed by atoms with Crippen molar-refractivity contribution in [3.63, 3.8) is 0 Å². The third-order valence-corrected chi connectivity index (χ3v) is 1.69. The van der Waals surface area contributed by atoms with Gasteiger partial charge in [-0.1, -0.05) is 5.21 Å². The van der Waals surface area contributed by atoms with Crippen molar-refractivity contribution < 1.29 is 14.6 Å². The fourth-order valence-corrected chi connectivity index (χ4v) is 0.815. The molecule has 0 bridgehead atoms. The minimum Gasteiger partial charge on any atom is -0.442 e. The van der Waals surface area contributed by atoms with E-state index >= 15 is 0 Å². The number of nitrogens with zero attached hydrogens (tertiary/aromatic N) is 3. The number of carbonyl (C=O) groups excluding carboxylic acids is 1. The Morgan fingerprint density at radius 1 is 1.60 bits per heavy atom. The highest BCUT2D eigenvalue weighted by molar-refractivity contribution is 5.75. The number of carbonyl (C=O) groups is 1. The van der Waals surface area contributed by atoms with E-state index in [-0.39, 0.29) is 19.3 Å². The Bertz CT molecular complexity index is 341. The van der Waals surface area contributed by atoms with Gasteiger partial charge in [0.05, 0.1) is 18.2 Å². The van der Waals surface area contributed by atoms with Crippen molar-refractivity contribution in [2.24, 2.45) is 5.41 Å². The first-order valence-corrected chi connectivity index (χ1v) is 4.60. The molecule has 1 heterocycles. The fraction of sp³-hybridized carbons (Fsp3) is 0.667. The van der Waals surface area contributed by atoms with Crippen LogP contribution in [0.25, 0.3) is 0 Å². The molecule has 15 heavy (non-hydrogen) atoms. The average molecular weight is 213 g/mol. The van der Waals surface area contributed by atoms with Gasteiger partial charge in [0.15, 0.2) is 6.73 Å². The van der Waals surface area contributed by atoms with E-state index in [0.29, 0.717) is 5.69 Å². The molecule has 1 aromatic rings. The third-order valence-electron chi connectivity index (χ3n) is 1.69. The lowest BCUT2D eigenvalue weighted by atomic mass is 9.98. The Hall–Kier alpha value is -1.43. The molecule has 1 N–H and O–H groups in total. The summed E-state index contributed by atoms with van der Waals surface area (Å²) in [5, 5.41) is 16.1. The lowest BCUT2D eigenvalue weighted by Gasteiger charge is -2.15. The number of hydrogen-bond donors (Lipinski definition) is 1. The molecule has 0 aromatic carbocycles. The first-order valence-electron chi connectivity index (χ1n) is 4.60. The van der Waals surface area contributed by atoms with E-state index in [2.05, 4.69) is 10.3 Å². The Morgan fingerprint density at radius 2 is 2.27 bits per heavy atom. The minimum absolute atomic E-state index is 0.0170. The van der Waals surface area contributed by atoms with Crippen LogP contribution in [-0.4, -0.2) is 26.1 Å². The first kappa shape index (κ1) is 11.6. The summed E-state index contributed by atoms with van der Waals surface area (Å²) < 4.78 is 6.35. The van der Waals surface area contributed by atoms with Crippen molar-refractivity contribution in [2.75, 3.05) is 0 Å². The molecule has 0 aliphatic carbocycles. The minimum atomic E-state index is -0.527. The van der Waals surface area contributed by atoms with Gasteiger partial charge in [0.2, 0.25) is 0 Å². The number of rotatable bonds is 3. The maximum absolute atomic E-state index is 11.4. The Kier molecular flexibility index (Phi) is 3.41. The maximum Gasteiger partial charge on any atom is 0.313 e. The molecule has 0 aliphatic heterocycles. The Morgan fingerprint density at radius 3 is 2.73 bits per heavy atom. The largest absolute Gasteiger partial charge is 0.442 e. The molecule has 1 rings (SSSR count). The van der Waals surface area contributed by atoms with Gasteiger partial charge in [-0.25, -0.2) is 4.68 Å². The molecule has 0 aliphatic rings. The van der Waals surface area contributed by atoms with E-state index in [1.165, 1.54) is 10.9 Å². The quantitative estimate of drug-likeness (QED) is 0.731. The van der Waals surface area contributed by atoms with Crippen LogP contribution < -0.4 is 0 Å². The van der Waals surface area contributed by atoms with Crippen LogP contribution in [0.3, 0.4) is 0 Å². The van der Waals surface area contributed by atoms with E-state index < -0.39 is 5.41 Å². The van der Waals surface area contributed by atoms with Crippen molar-refractivity contribution in [3.05, 3.63) is 11.9 Å². The van der Waals surface area contributed by atoms with Gasteiger partial charge in [-0.3, -0.25) is 4.79 Å². The summed E-state index contributed by atoms with van der Waals surface area (Å²) in [7, 11) is 0. The van der Waals surface area contributed by atoms with Crippen LogP contribution in [0.5, 0.6) is 0 Å². The topological polar surface area (TPSA) is 77.2 Å². The second-order valence-corrected chi connectivity index (χ2v) is 4.22. The Labute approximate surface area is 87.9 Å². The van der Waals surface area contributed by atoms with E-state index in [9.17, 15) is 4.79 Å². The van der Waals surface area contributed by atoms with Gasteiger partial charge in [-0.15, -0.1) is 5.10 Å². The van der Waals surface area contributed by atoms with Crippen molar-refractivity contribution in [1.29, 1.82) is 0 Å². The van der Waals surface area contributed by atoms with Crippen LogP contribution >= 0.6 is 0 Å². The van der Waals surface area contributed by atoms with E-state index in [1.807, 2.05) is 0 Å². The highest BCUT2D eigenvalue weighted by Crippen LogP contribution is 2.15. The molecule has 0 saturated heterocycles. The maximum atomic E-state index is 11.4. The van der Waals surface area contributed by atoms with Gasteiger partial charge >= 0.3 is 5.97 Å². The second-order valence-electron chi connectivity index (χ2n) is 4.22. The molecule has 6 nitrogen and oxygen atoms in total. The molecule has 6 heteroatoms. The number of esters is 1. The van der Waals surface area contributed by atoms with Crippen molar-refractivity contribution >= 4 is 5.97 Å². The zero-order chi connectivity index (χ0) is 11.5. The monoisotopic (exact) mass is 213 g/mol. The lowest BCUT2D eigenvalue weighted by molar-refractivity contribution is -0.157. The van der Waals surface area contributed by atoms with Gasteiger partial charge in [0.25, 0.3) is 0 Å². The van der Waals surface area contributed by atoms with Crippen LogP contribution in [0, 0.1) is 5.41 Å². The molecular formula is C9H15N3O3. The summed E-state index contributed by atoms with van der Waals surface area (Å²) in [6.07, 6.45) is 1.52. The number of ether oxygens (including phenoxy) is 1. The summed E-state index contributed by atoms with van der Waals surface area (Å²) in [5.74, 6) is -0.302. The smallest absolute Gasteiger partial charge is 0.313 e. The molecule has 0 unspecified atom stereocenters. The highest BCUT2D eigenvalue weighted by atomic mass is 16.5. The van der Waals surface area contributed by atoms with Crippen LogP contribution in [0.15, 0.2) is 6.20 Å². The molecule has 0 fully saturated rings. The van der Waals surface area contributed by atoms with Gasteiger partial charge in [0, 0.05) is 0 Å². The Balaban J connectivity index is 2.47. The van der Waals surface area contributed by atoms with Crippen molar-refractivity contribution in [3.8, 4) is 0 Å².